The molecule has 0 saturated carbocycles. The lowest BCUT2D eigenvalue weighted by Gasteiger charge is -2.17. The summed E-state index contributed by atoms with van der Waals surface area (Å²) in [6.45, 7) is 6.95. The van der Waals surface area contributed by atoms with Crippen molar-refractivity contribution >= 4 is 0 Å². The van der Waals surface area contributed by atoms with Crippen molar-refractivity contribution in [2.24, 2.45) is 5.92 Å². The van der Waals surface area contributed by atoms with Crippen LogP contribution in [0, 0.1) is 5.92 Å². The van der Waals surface area contributed by atoms with Gasteiger partial charge >= 0.3 is 0 Å². The Bertz CT molecular complexity index is 214. The molecule has 0 amide bonds. The summed E-state index contributed by atoms with van der Waals surface area (Å²) < 4.78 is 0. The third-order valence-corrected chi connectivity index (χ3v) is 6.15. The fourth-order valence-corrected chi connectivity index (χ4v) is 4.25. The third kappa shape index (κ3) is 20.3. The highest BCUT2D eigenvalue weighted by Crippen LogP contribution is 2.24. The first-order valence-corrected chi connectivity index (χ1v) is 12.8. The number of unbranched alkanes of at least 4 members (excludes halogenated alkanes) is 16. The molecule has 0 heteroatoms. The molecule has 0 spiro atoms. The molecule has 0 heterocycles. The molecule has 0 unspecified atom stereocenters. The average Bonchev–Trinajstić information content (AvgIpc) is 2.65. The number of rotatable bonds is 22. The molecule has 0 aliphatic rings. The summed E-state index contributed by atoms with van der Waals surface area (Å²) in [5, 5.41) is 0. The lowest BCUT2D eigenvalue weighted by Crippen LogP contribution is -2.01. The molecular formula is C26H54. The van der Waals surface area contributed by atoms with Crippen LogP contribution < -0.4 is 0 Å². The molecule has 0 rings (SSSR count). The van der Waals surface area contributed by atoms with Gasteiger partial charge in [0.15, 0.2) is 0 Å². The van der Waals surface area contributed by atoms with E-state index in [1.807, 2.05) is 0 Å². The molecule has 0 aromatic carbocycles. The molecule has 0 aliphatic heterocycles. The molecule has 0 bridgehead atoms. The van der Waals surface area contributed by atoms with Gasteiger partial charge in [0, 0.05) is 0 Å². The van der Waals surface area contributed by atoms with Crippen molar-refractivity contribution in [3.63, 3.8) is 0 Å². The number of hydrogen-bond acceptors (Lipinski definition) is 0. The summed E-state index contributed by atoms with van der Waals surface area (Å²) >= 11 is 0. The predicted molar refractivity (Wildman–Crippen MR) is 122 cm³/mol. The van der Waals surface area contributed by atoms with E-state index in [1.54, 1.807) is 0 Å². The van der Waals surface area contributed by atoms with Crippen LogP contribution in [0.1, 0.15) is 162 Å². The second kappa shape index (κ2) is 23.0. The molecule has 0 saturated heterocycles. The fraction of sp³-hybridized carbons (Fsp3) is 1.00. The molecule has 0 N–H and O–H groups in total. The van der Waals surface area contributed by atoms with Crippen LogP contribution in [0.15, 0.2) is 0 Å². The summed E-state index contributed by atoms with van der Waals surface area (Å²) in [6, 6.07) is 0. The fourth-order valence-electron chi connectivity index (χ4n) is 4.25. The highest BCUT2D eigenvalue weighted by atomic mass is 14.1. The molecule has 0 radical (unpaired) electrons. The van der Waals surface area contributed by atoms with Gasteiger partial charge in [-0.2, -0.15) is 0 Å². The Labute approximate surface area is 168 Å². The van der Waals surface area contributed by atoms with Crippen LogP contribution in [0.25, 0.3) is 0 Å². The Hall–Kier alpha value is 0. The predicted octanol–water partition coefficient (Wildman–Crippen LogP) is 10.2. The maximum Gasteiger partial charge on any atom is -0.0414 e. The maximum absolute atomic E-state index is 2.32. The van der Waals surface area contributed by atoms with E-state index in [0.717, 1.165) is 5.92 Å². The lowest BCUT2D eigenvalue weighted by atomic mass is 9.89. The van der Waals surface area contributed by atoms with Crippen LogP contribution in [0.2, 0.25) is 0 Å². The van der Waals surface area contributed by atoms with Gasteiger partial charge in [0.25, 0.3) is 0 Å². The number of hydrogen-bond donors (Lipinski definition) is 0. The van der Waals surface area contributed by atoms with E-state index < -0.39 is 0 Å². The normalized spacial score (nSPS) is 11.5. The van der Waals surface area contributed by atoms with Crippen molar-refractivity contribution in [3.05, 3.63) is 0 Å². The van der Waals surface area contributed by atoms with E-state index in [-0.39, 0.29) is 0 Å². The SMILES string of the molecule is CCCCCCCCCC(CCCCCCC)CCCCCCCCC. The smallest absolute Gasteiger partial charge is 0.0414 e. The minimum Gasteiger partial charge on any atom is -0.0654 e. The van der Waals surface area contributed by atoms with E-state index in [4.69, 9.17) is 0 Å². The van der Waals surface area contributed by atoms with Gasteiger partial charge in [-0.1, -0.05) is 162 Å². The molecule has 0 aliphatic carbocycles. The average molecular weight is 367 g/mol. The summed E-state index contributed by atoms with van der Waals surface area (Å²) in [7, 11) is 0. The highest BCUT2D eigenvalue weighted by molar-refractivity contribution is 4.62. The molecule has 0 aromatic heterocycles. The standard InChI is InChI=1S/C26H54/c1-4-7-10-13-15-18-21-24-26(23-20-17-12-9-6-3)25-22-19-16-14-11-8-5-2/h26H,4-25H2,1-3H3. The Morgan fingerprint density at radius 1 is 0.308 bits per heavy atom. The van der Waals surface area contributed by atoms with Gasteiger partial charge in [-0.15, -0.1) is 0 Å². The van der Waals surface area contributed by atoms with Gasteiger partial charge in [0.2, 0.25) is 0 Å². The first-order valence-electron chi connectivity index (χ1n) is 12.8. The summed E-state index contributed by atoms with van der Waals surface area (Å²) in [5.41, 5.74) is 0. The quantitative estimate of drug-likeness (QED) is 0.167. The van der Waals surface area contributed by atoms with Crippen molar-refractivity contribution in [2.75, 3.05) is 0 Å². The van der Waals surface area contributed by atoms with Gasteiger partial charge in [-0.3, -0.25) is 0 Å². The van der Waals surface area contributed by atoms with Gasteiger partial charge in [0.1, 0.15) is 0 Å². The first kappa shape index (κ1) is 26.0. The van der Waals surface area contributed by atoms with Gasteiger partial charge in [0.05, 0.1) is 0 Å². The van der Waals surface area contributed by atoms with Crippen LogP contribution in [-0.4, -0.2) is 0 Å². The van der Waals surface area contributed by atoms with Crippen LogP contribution in [0.5, 0.6) is 0 Å². The van der Waals surface area contributed by atoms with Gasteiger partial charge in [-0.05, 0) is 5.92 Å². The second-order valence-electron chi connectivity index (χ2n) is 8.89. The minimum atomic E-state index is 1.04. The molecule has 26 heavy (non-hydrogen) atoms. The maximum atomic E-state index is 2.32. The summed E-state index contributed by atoms with van der Waals surface area (Å²) in [5.74, 6) is 1.04. The van der Waals surface area contributed by atoms with Crippen LogP contribution in [0.4, 0.5) is 0 Å². The molecule has 0 nitrogen and oxygen atoms in total. The van der Waals surface area contributed by atoms with E-state index in [9.17, 15) is 0 Å². The Kier molecular flexibility index (Phi) is 23.0. The van der Waals surface area contributed by atoms with Crippen molar-refractivity contribution in [3.8, 4) is 0 Å². The Morgan fingerprint density at radius 3 is 0.808 bits per heavy atom. The van der Waals surface area contributed by atoms with Crippen LogP contribution in [0.3, 0.4) is 0 Å². The second-order valence-corrected chi connectivity index (χ2v) is 8.89. The van der Waals surface area contributed by atoms with Crippen LogP contribution >= 0.6 is 0 Å². The molecule has 158 valence electrons. The molecule has 0 fully saturated rings. The largest absolute Gasteiger partial charge is 0.0654 e. The van der Waals surface area contributed by atoms with Crippen molar-refractivity contribution in [1.29, 1.82) is 0 Å². The molecule has 0 atom stereocenters. The third-order valence-electron chi connectivity index (χ3n) is 6.15. The van der Waals surface area contributed by atoms with E-state index in [0.29, 0.717) is 0 Å². The highest BCUT2D eigenvalue weighted by Gasteiger charge is 2.08. The topological polar surface area (TPSA) is 0 Å². The summed E-state index contributed by atoms with van der Waals surface area (Å²) in [4.78, 5) is 0. The minimum absolute atomic E-state index is 1.04. The van der Waals surface area contributed by atoms with Crippen molar-refractivity contribution in [1.82, 2.24) is 0 Å². The van der Waals surface area contributed by atoms with Gasteiger partial charge in [-0.25, -0.2) is 0 Å². The van der Waals surface area contributed by atoms with Crippen molar-refractivity contribution in [2.45, 2.75) is 162 Å². The molecule has 0 aromatic rings. The zero-order valence-corrected chi connectivity index (χ0v) is 19.1. The monoisotopic (exact) mass is 366 g/mol. The molecular weight excluding hydrogens is 312 g/mol. The Balaban J connectivity index is 3.75. The van der Waals surface area contributed by atoms with E-state index in [1.165, 1.54) is 141 Å². The first-order chi connectivity index (χ1) is 12.8. The summed E-state index contributed by atoms with van der Waals surface area (Å²) in [6.07, 6.45) is 32.3. The van der Waals surface area contributed by atoms with Gasteiger partial charge < -0.3 is 0 Å². The van der Waals surface area contributed by atoms with E-state index in [2.05, 4.69) is 20.8 Å². The zero-order chi connectivity index (χ0) is 19.1. The lowest BCUT2D eigenvalue weighted by molar-refractivity contribution is 0.365. The zero-order valence-electron chi connectivity index (χ0n) is 19.1. The van der Waals surface area contributed by atoms with E-state index >= 15 is 0 Å². The van der Waals surface area contributed by atoms with Crippen molar-refractivity contribution < 1.29 is 0 Å². The van der Waals surface area contributed by atoms with Crippen LogP contribution in [-0.2, 0) is 0 Å². The Morgan fingerprint density at radius 2 is 0.538 bits per heavy atom.